The third kappa shape index (κ3) is 8.36. The van der Waals surface area contributed by atoms with E-state index in [0.717, 1.165) is 25.8 Å². The van der Waals surface area contributed by atoms with Crippen LogP contribution in [0.15, 0.2) is 36.4 Å². The highest BCUT2D eigenvalue weighted by atomic mass is 16.6. The van der Waals surface area contributed by atoms with Crippen LogP contribution >= 0.6 is 0 Å². The Morgan fingerprint density at radius 1 is 1.11 bits per heavy atom. The van der Waals surface area contributed by atoms with Gasteiger partial charge in [-0.05, 0) is 89.1 Å². The molecule has 8 nitrogen and oxygen atoms in total. The third-order valence-electron chi connectivity index (χ3n) is 6.30. The smallest absolute Gasteiger partial charge is 0.355 e. The molecule has 1 aliphatic carbocycles. The molecule has 0 radical (unpaired) electrons. The summed E-state index contributed by atoms with van der Waals surface area (Å²) in [5.74, 6) is -0.830. The molecule has 2 N–H and O–H groups in total. The van der Waals surface area contributed by atoms with E-state index >= 15 is 0 Å². The molecule has 0 aliphatic heterocycles. The van der Waals surface area contributed by atoms with Gasteiger partial charge in [0, 0.05) is 18.2 Å². The minimum atomic E-state index is -1.48. The maximum atomic E-state index is 12.9. The van der Waals surface area contributed by atoms with Crippen molar-refractivity contribution in [3.05, 3.63) is 36.4 Å². The van der Waals surface area contributed by atoms with E-state index in [1.807, 2.05) is 7.05 Å². The van der Waals surface area contributed by atoms with Gasteiger partial charge in [-0.1, -0.05) is 27.4 Å². The minimum absolute atomic E-state index is 0.0785. The summed E-state index contributed by atoms with van der Waals surface area (Å²) in [5.41, 5.74) is -1.04. The van der Waals surface area contributed by atoms with Gasteiger partial charge < -0.3 is 24.8 Å². The molecule has 36 heavy (non-hydrogen) atoms. The second kappa shape index (κ2) is 11.5. The fraction of sp³-hybridized carbons (Fsp3) is 0.607. The highest BCUT2D eigenvalue weighted by molar-refractivity contribution is 5.91. The summed E-state index contributed by atoms with van der Waals surface area (Å²) in [7, 11) is 1.96. The second-order valence-corrected chi connectivity index (χ2v) is 11.6. The zero-order valence-corrected chi connectivity index (χ0v) is 22.9. The number of nitrogens with one attached hydrogen (secondary N) is 2. The van der Waals surface area contributed by atoms with Crippen molar-refractivity contribution >= 4 is 17.8 Å². The van der Waals surface area contributed by atoms with Crippen molar-refractivity contribution in [3.8, 4) is 11.5 Å². The van der Waals surface area contributed by atoms with Crippen LogP contribution in [0.5, 0.6) is 11.5 Å². The number of esters is 2. The van der Waals surface area contributed by atoms with Crippen LogP contribution in [0.25, 0.3) is 0 Å². The first-order chi connectivity index (χ1) is 16.6. The van der Waals surface area contributed by atoms with Gasteiger partial charge in [0.1, 0.15) is 11.5 Å². The van der Waals surface area contributed by atoms with E-state index in [1.165, 1.54) is 20.8 Å². The molecule has 8 heteroatoms. The topological polar surface area (TPSA) is 103 Å². The molecule has 2 rings (SSSR count). The molecule has 0 aromatic heterocycles. The minimum Gasteiger partial charge on any atom is -0.481 e. The van der Waals surface area contributed by atoms with Gasteiger partial charge in [-0.25, -0.2) is 9.59 Å². The molecule has 1 aliphatic rings. The molecule has 3 atom stereocenters. The van der Waals surface area contributed by atoms with Crippen LogP contribution in [0.2, 0.25) is 0 Å². The van der Waals surface area contributed by atoms with Gasteiger partial charge in [-0.15, -0.1) is 0 Å². The predicted octanol–water partition coefficient (Wildman–Crippen LogP) is 4.18. The van der Waals surface area contributed by atoms with Gasteiger partial charge in [-0.2, -0.15) is 0 Å². The Labute approximate surface area is 215 Å². The Morgan fingerprint density at radius 2 is 1.69 bits per heavy atom. The number of hydrogen-bond donors (Lipinski definition) is 2. The summed E-state index contributed by atoms with van der Waals surface area (Å²) in [4.78, 5) is 37.1. The normalized spacial score (nSPS) is 22.2. The summed E-state index contributed by atoms with van der Waals surface area (Å²) in [5, 5.41) is 6.46. The van der Waals surface area contributed by atoms with E-state index in [0.29, 0.717) is 5.75 Å². The molecular formula is C28H42N2O6. The van der Waals surface area contributed by atoms with Gasteiger partial charge in [0.15, 0.2) is 6.10 Å². The number of carbonyl (C=O) groups is 3. The molecule has 1 aromatic rings. The lowest BCUT2D eigenvalue weighted by molar-refractivity contribution is -0.169. The van der Waals surface area contributed by atoms with E-state index in [9.17, 15) is 14.4 Å². The van der Waals surface area contributed by atoms with Crippen LogP contribution in [0, 0.1) is 10.8 Å². The molecule has 0 spiro atoms. The highest BCUT2D eigenvalue weighted by Gasteiger charge is 2.41. The molecule has 3 unspecified atom stereocenters. The van der Waals surface area contributed by atoms with Crippen LogP contribution in [0.1, 0.15) is 67.7 Å². The number of amides is 1. The molecular weight excluding hydrogens is 460 g/mol. The summed E-state index contributed by atoms with van der Waals surface area (Å²) < 4.78 is 16.3. The predicted molar refractivity (Wildman–Crippen MR) is 139 cm³/mol. The standard InChI is InChI=1S/C28H42N2O6/c1-18(2)24(32)36-27(6,7)25(33)35-22-12-10-21(11-13-22)34-19(3)23(31)30-20-14-26(4,5)16-28(8,15-20)17-29-9/h10-13,19-20,29H,1,14-17H2,2-9H3,(H,30,31). The maximum absolute atomic E-state index is 12.9. The Morgan fingerprint density at radius 3 is 2.25 bits per heavy atom. The zero-order valence-electron chi connectivity index (χ0n) is 22.9. The van der Waals surface area contributed by atoms with Gasteiger partial charge in [-0.3, -0.25) is 4.79 Å². The first-order valence-corrected chi connectivity index (χ1v) is 12.4. The zero-order chi connectivity index (χ0) is 27.3. The third-order valence-corrected chi connectivity index (χ3v) is 6.30. The number of carbonyl (C=O) groups excluding carboxylic acids is 3. The van der Waals surface area contributed by atoms with Gasteiger partial charge in [0.25, 0.3) is 5.91 Å². The molecule has 0 saturated heterocycles. The number of hydrogen-bond acceptors (Lipinski definition) is 7. The fourth-order valence-corrected chi connectivity index (χ4v) is 5.05. The van der Waals surface area contributed by atoms with E-state index in [2.05, 4.69) is 38.0 Å². The fourth-order valence-electron chi connectivity index (χ4n) is 5.05. The largest absolute Gasteiger partial charge is 0.481 e. The van der Waals surface area contributed by atoms with Crippen molar-refractivity contribution < 1.29 is 28.6 Å². The summed E-state index contributed by atoms with van der Waals surface area (Å²) in [6.07, 6.45) is 2.24. The summed E-state index contributed by atoms with van der Waals surface area (Å²) in [6.45, 7) is 17.3. The van der Waals surface area contributed by atoms with Crippen molar-refractivity contribution in [1.82, 2.24) is 10.6 Å². The van der Waals surface area contributed by atoms with Crippen LogP contribution in [-0.2, 0) is 19.1 Å². The quantitative estimate of drug-likeness (QED) is 0.281. The molecule has 0 heterocycles. The first kappa shape index (κ1) is 29.4. The van der Waals surface area contributed by atoms with Gasteiger partial charge in [0.2, 0.25) is 5.60 Å². The van der Waals surface area contributed by atoms with Crippen LogP contribution in [-0.4, -0.2) is 49.2 Å². The van der Waals surface area contributed by atoms with Crippen molar-refractivity contribution in [2.75, 3.05) is 13.6 Å². The number of ether oxygens (including phenoxy) is 3. The first-order valence-electron chi connectivity index (χ1n) is 12.4. The van der Waals surface area contributed by atoms with Gasteiger partial charge >= 0.3 is 11.9 Å². The van der Waals surface area contributed by atoms with E-state index < -0.39 is 23.6 Å². The molecule has 1 saturated carbocycles. The molecule has 1 aromatic carbocycles. The number of rotatable bonds is 10. The van der Waals surface area contributed by atoms with E-state index in [1.54, 1.807) is 31.2 Å². The van der Waals surface area contributed by atoms with Crippen molar-refractivity contribution in [3.63, 3.8) is 0 Å². The number of benzene rings is 1. The van der Waals surface area contributed by atoms with E-state index in [-0.39, 0.29) is 34.1 Å². The van der Waals surface area contributed by atoms with Crippen LogP contribution < -0.4 is 20.1 Å². The summed E-state index contributed by atoms with van der Waals surface area (Å²) in [6, 6.07) is 6.43. The van der Waals surface area contributed by atoms with Crippen molar-refractivity contribution in [1.29, 1.82) is 0 Å². The summed E-state index contributed by atoms with van der Waals surface area (Å²) >= 11 is 0. The van der Waals surface area contributed by atoms with E-state index in [4.69, 9.17) is 14.2 Å². The lowest BCUT2D eigenvalue weighted by Crippen LogP contribution is -2.51. The lowest BCUT2D eigenvalue weighted by atomic mass is 9.62. The van der Waals surface area contributed by atoms with Crippen LogP contribution in [0.4, 0.5) is 0 Å². The average molecular weight is 503 g/mol. The Kier molecular flexibility index (Phi) is 9.34. The maximum Gasteiger partial charge on any atom is 0.355 e. The molecule has 1 fully saturated rings. The molecule has 200 valence electrons. The Balaban J connectivity index is 1.94. The average Bonchev–Trinajstić information content (AvgIpc) is 2.73. The van der Waals surface area contributed by atoms with Crippen LogP contribution in [0.3, 0.4) is 0 Å². The Hall–Kier alpha value is -2.87. The highest BCUT2D eigenvalue weighted by Crippen LogP contribution is 2.45. The lowest BCUT2D eigenvalue weighted by Gasteiger charge is -2.47. The van der Waals surface area contributed by atoms with Crippen molar-refractivity contribution in [2.45, 2.75) is 85.5 Å². The second-order valence-electron chi connectivity index (χ2n) is 11.6. The van der Waals surface area contributed by atoms with Gasteiger partial charge in [0.05, 0.1) is 0 Å². The SMILES string of the molecule is C=C(C)C(=O)OC(C)(C)C(=O)Oc1ccc(OC(C)C(=O)NC2CC(C)(C)CC(C)(CNC)C2)cc1. The monoisotopic (exact) mass is 502 g/mol. The molecule has 0 bridgehead atoms. The Bertz CT molecular complexity index is 969. The van der Waals surface area contributed by atoms with Crippen molar-refractivity contribution in [2.24, 2.45) is 10.8 Å². The molecule has 1 amide bonds.